The maximum Gasteiger partial charge on any atom is 0.380 e. The average molecular weight is 607 g/mol. The van der Waals surface area contributed by atoms with Gasteiger partial charge in [-0.05, 0) is 37.3 Å². The minimum Gasteiger partial charge on any atom is -0.452 e. The number of carbonyl (C=O) groups excluding carboxylic acids is 6. The SMILES string of the molecule is O=C(OCC(=O)C(C[C@@H]1CCNC1=O)NC(=O)C(CC1CC1)NC(=O)c1cc2cccc(Cl)c2[nH]1)C(=O)c1ccccc1. The quantitative estimate of drug-likeness (QED) is 0.132. The number of aromatic amines is 1. The molecule has 2 fully saturated rings. The summed E-state index contributed by atoms with van der Waals surface area (Å²) >= 11 is 6.23. The van der Waals surface area contributed by atoms with Crippen LogP contribution < -0.4 is 16.0 Å². The van der Waals surface area contributed by atoms with E-state index in [-0.39, 0.29) is 29.5 Å². The molecule has 11 nitrogen and oxygen atoms in total. The van der Waals surface area contributed by atoms with Gasteiger partial charge in [0.2, 0.25) is 11.8 Å². The molecular formula is C31H31ClN4O7. The Bertz CT molecular complexity index is 1570. The highest BCUT2D eigenvalue weighted by Crippen LogP contribution is 2.34. The number of Topliss-reactive ketones (excluding diaryl/α,β-unsaturated/α-hetero) is 2. The molecule has 2 heterocycles. The number of para-hydroxylation sites is 1. The molecule has 2 aromatic carbocycles. The van der Waals surface area contributed by atoms with Crippen LogP contribution in [0.25, 0.3) is 10.9 Å². The fourth-order valence-corrected chi connectivity index (χ4v) is 5.33. The predicted molar refractivity (Wildman–Crippen MR) is 156 cm³/mol. The summed E-state index contributed by atoms with van der Waals surface area (Å²) in [6.07, 6.45) is 2.64. The summed E-state index contributed by atoms with van der Waals surface area (Å²) in [7, 11) is 0. The summed E-state index contributed by atoms with van der Waals surface area (Å²) in [4.78, 5) is 79.9. The number of halogens is 1. The van der Waals surface area contributed by atoms with Gasteiger partial charge in [-0.1, -0.05) is 66.9 Å². The summed E-state index contributed by atoms with van der Waals surface area (Å²) in [6.45, 7) is -0.333. The fraction of sp³-hybridized carbons (Fsp3) is 0.355. The van der Waals surface area contributed by atoms with Crippen LogP contribution in [0.5, 0.6) is 0 Å². The molecule has 3 atom stereocenters. The van der Waals surface area contributed by atoms with Gasteiger partial charge in [0.25, 0.3) is 11.7 Å². The van der Waals surface area contributed by atoms with Gasteiger partial charge in [0.15, 0.2) is 12.4 Å². The zero-order chi connectivity index (χ0) is 30.5. The van der Waals surface area contributed by atoms with E-state index < -0.39 is 54.0 Å². The summed E-state index contributed by atoms with van der Waals surface area (Å²) in [5.74, 6) is -4.45. The number of H-pyrrole nitrogens is 1. The van der Waals surface area contributed by atoms with Crippen LogP contribution in [0.2, 0.25) is 5.02 Å². The van der Waals surface area contributed by atoms with Gasteiger partial charge in [-0.3, -0.25) is 24.0 Å². The first kappa shape index (κ1) is 30.0. The van der Waals surface area contributed by atoms with Crippen LogP contribution >= 0.6 is 11.6 Å². The van der Waals surface area contributed by atoms with E-state index in [9.17, 15) is 28.8 Å². The van der Waals surface area contributed by atoms with Gasteiger partial charge in [-0.25, -0.2) is 4.79 Å². The molecular weight excluding hydrogens is 576 g/mol. The summed E-state index contributed by atoms with van der Waals surface area (Å²) in [5, 5.41) is 9.35. The van der Waals surface area contributed by atoms with Crippen molar-refractivity contribution in [2.75, 3.05) is 13.2 Å². The van der Waals surface area contributed by atoms with Crippen LogP contribution in [-0.2, 0) is 23.9 Å². The predicted octanol–water partition coefficient (Wildman–Crippen LogP) is 2.73. The Morgan fingerprint density at radius 2 is 1.70 bits per heavy atom. The zero-order valence-corrected chi connectivity index (χ0v) is 23.9. The lowest BCUT2D eigenvalue weighted by Gasteiger charge is -2.24. The Morgan fingerprint density at radius 3 is 2.37 bits per heavy atom. The molecule has 1 aliphatic carbocycles. The number of hydrogen-bond donors (Lipinski definition) is 4. The van der Waals surface area contributed by atoms with Crippen LogP contribution in [0.1, 0.15) is 53.0 Å². The number of ketones is 2. The molecule has 0 bridgehead atoms. The highest BCUT2D eigenvalue weighted by molar-refractivity contribution is 6.40. The zero-order valence-electron chi connectivity index (χ0n) is 23.2. The van der Waals surface area contributed by atoms with Crippen LogP contribution in [0, 0.1) is 11.8 Å². The number of carbonyl (C=O) groups is 6. The van der Waals surface area contributed by atoms with Gasteiger partial charge >= 0.3 is 5.97 Å². The molecule has 224 valence electrons. The average Bonchev–Trinajstić information content (AvgIpc) is 3.56. The number of hydrogen-bond acceptors (Lipinski definition) is 7. The van der Waals surface area contributed by atoms with E-state index in [0.29, 0.717) is 29.9 Å². The molecule has 1 saturated heterocycles. The molecule has 5 rings (SSSR count). The first-order chi connectivity index (χ1) is 20.7. The molecule has 0 radical (unpaired) electrons. The number of ether oxygens (including phenoxy) is 1. The summed E-state index contributed by atoms with van der Waals surface area (Å²) in [5.41, 5.74) is 0.934. The van der Waals surface area contributed by atoms with Gasteiger partial charge in [-0.2, -0.15) is 0 Å². The highest BCUT2D eigenvalue weighted by atomic mass is 35.5. The van der Waals surface area contributed by atoms with E-state index in [1.807, 2.05) is 0 Å². The lowest BCUT2D eigenvalue weighted by atomic mass is 9.95. The first-order valence-electron chi connectivity index (χ1n) is 14.1. The van der Waals surface area contributed by atoms with Crippen molar-refractivity contribution >= 4 is 57.8 Å². The van der Waals surface area contributed by atoms with Gasteiger partial charge in [0.05, 0.1) is 16.6 Å². The third kappa shape index (κ3) is 7.47. The number of rotatable bonds is 13. The van der Waals surface area contributed by atoms with E-state index in [2.05, 4.69) is 20.9 Å². The molecule has 3 aromatic rings. The van der Waals surface area contributed by atoms with Crippen LogP contribution in [0.3, 0.4) is 0 Å². The Kier molecular flexibility index (Phi) is 9.20. The molecule has 4 N–H and O–H groups in total. The van der Waals surface area contributed by atoms with Crippen molar-refractivity contribution in [1.29, 1.82) is 0 Å². The van der Waals surface area contributed by atoms with Crippen LogP contribution in [0.4, 0.5) is 0 Å². The smallest absolute Gasteiger partial charge is 0.380 e. The second-order valence-corrected chi connectivity index (χ2v) is 11.3. The van der Waals surface area contributed by atoms with Crippen molar-refractivity contribution in [3.8, 4) is 0 Å². The normalized spacial score (nSPS) is 17.5. The summed E-state index contributed by atoms with van der Waals surface area (Å²) in [6, 6.07) is 12.5. The summed E-state index contributed by atoms with van der Waals surface area (Å²) < 4.78 is 5.00. The lowest BCUT2D eigenvalue weighted by molar-refractivity contribution is -0.144. The van der Waals surface area contributed by atoms with Gasteiger partial charge in [0.1, 0.15) is 11.7 Å². The van der Waals surface area contributed by atoms with Crippen molar-refractivity contribution in [2.24, 2.45) is 11.8 Å². The third-order valence-corrected chi connectivity index (χ3v) is 8.01. The van der Waals surface area contributed by atoms with E-state index in [0.717, 1.165) is 18.2 Å². The monoisotopic (exact) mass is 606 g/mol. The van der Waals surface area contributed by atoms with Crippen molar-refractivity contribution in [2.45, 2.75) is 44.2 Å². The Morgan fingerprint density at radius 1 is 0.930 bits per heavy atom. The Labute approximate surface area is 252 Å². The van der Waals surface area contributed by atoms with Crippen LogP contribution in [-0.4, -0.2) is 65.5 Å². The van der Waals surface area contributed by atoms with Crippen molar-refractivity contribution in [1.82, 2.24) is 20.9 Å². The molecule has 2 unspecified atom stereocenters. The maximum absolute atomic E-state index is 13.5. The number of esters is 1. The molecule has 43 heavy (non-hydrogen) atoms. The van der Waals surface area contributed by atoms with Crippen molar-refractivity contribution in [3.63, 3.8) is 0 Å². The van der Waals surface area contributed by atoms with E-state index in [1.54, 1.807) is 42.5 Å². The van der Waals surface area contributed by atoms with Crippen molar-refractivity contribution < 1.29 is 33.5 Å². The third-order valence-electron chi connectivity index (χ3n) is 7.69. The maximum atomic E-state index is 13.5. The lowest BCUT2D eigenvalue weighted by Crippen LogP contribution is -2.53. The van der Waals surface area contributed by atoms with Crippen LogP contribution in [0.15, 0.2) is 54.6 Å². The molecule has 3 amide bonds. The Balaban J connectivity index is 1.27. The number of amides is 3. The number of fused-ring (bicyclic) bond motifs is 1. The van der Waals surface area contributed by atoms with Gasteiger partial charge in [-0.15, -0.1) is 0 Å². The Hall–Kier alpha value is -4.51. The van der Waals surface area contributed by atoms with E-state index >= 15 is 0 Å². The van der Waals surface area contributed by atoms with Gasteiger partial charge in [0, 0.05) is 23.4 Å². The fourth-order valence-electron chi connectivity index (χ4n) is 5.10. The van der Waals surface area contributed by atoms with Gasteiger partial charge < -0.3 is 25.7 Å². The topological polar surface area (TPSA) is 164 Å². The van der Waals surface area contributed by atoms with E-state index in [4.69, 9.17) is 16.3 Å². The largest absolute Gasteiger partial charge is 0.452 e. The molecule has 2 aliphatic rings. The number of aromatic nitrogens is 1. The molecule has 12 heteroatoms. The minimum absolute atomic E-state index is 0.0226. The van der Waals surface area contributed by atoms with E-state index in [1.165, 1.54) is 12.1 Å². The second kappa shape index (κ2) is 13.2. The first-order valence-corrected chi connectivity index (χ1v) is 14.5. The number of nitrogens with one attached hydrogen (secondary N) is 4. The molecule has 0 spiro atoms. The standard InChI is InChI=1S/C31H31ClN4O7/c32-21-8-4-7-19-14-24(34-26(19)21)30(41)36-23(13-17-9-10-17)29(40)35-22(15-20-11-12-33-28(20)39)25(37)16-43-31(42)27(38)18-5-2-1-3-6-18/h1-8,14,17,20,22-23,34H,9-13,15-16H2,(H,33,39)(H,35,40)(H,36,41)/t20-,22?,23?/m0/s1. The number of benzene rings is 2. The molecule has 1 saturated carbocycles. The second-order valence-electron chi connectivity index (χ2n) is 10.9. The highest BCUT2D eigenvalue weighted by Gasteiger charge is 2.36. The molecule has 1 aliphatic heterocycles. The minimum atomic E-state index is -1.21. The molecule has 1 aromatic heterocycles. The van der Waals surface area contributed by atoms with Crippen molar-refractivity contribution in [3.05, 3.63) is 70.9 Å².